The van der Waals surface area contributed by atoms with E-state index >= 15 is 0 Å². The molecule has 1 aliphatic carbocycles. The number of hydrogen-bond donors (Lipinski definition) is 2. The van der Waals surface area contributed by atoms with Gasteiger partial charge in [0.2, 0.25) is 0 Å². The number of pyridine rings is 1. The van der Waals surface area contributed by atoms with Crippen LogP contribution in [0.3, 0.4) is 0 Å². The molecule has 1 aromatic heterocycles. The number of amides is 2. The summed E-state index contributed by atoms with van der Waals surface area (Å²) in [7, 11) is 0. The summed E-state index contributed by atoms with van der Waals surface area (Å²) in [4.78, 5) is 30.8. The Bertz CT molecular complexity index is 989. The summed E-state index contributed by atoms with van der Waals surface area (Å²) in [6.45, 7) is 5.20. The Morgan fingerprint density at radius 2 is 2.03 bits per heavy atom. The Morgan fingerprint density at radius 1 is 1.30 bits per heavy atom. The van der Waals surface area contributed by atoms with Crippen molar-refractivity contribution in [3.63, 3.8) is 0 Å². The molecule has 8 heteroatoms. The number of hydrogen-bond acceptors (Lipinski definition) is 6. The molecule has 1 aliphatic rings. The molecule has 0 radical (unpaired) electrons. The van der Waals surface area contributed by atoms with Crippen molar-refractivity contribution in [3.05, 3.63) is 36.5 Å². The number of benzene rings is 1. The first kappa shape index (κ1) is 21.5. The predicted octanol–water partition coefficient (Wildman–Crippen LogP) is 3.25. The van der Waals surface area contributed by atoms with E-state index < -0.39 is 29.2 Å². The van der Waals surface area contributed by atoms with Gasteiger partial charge in [0.1, 0.15) is 5.60 Å². The zero-order valence-electron chi connectivity index (χ0n) is 17.4. The number of nitrogens with zero attached hydrogens (tertiary/aromatic N) is 3. The fourth-order valence-corrected chi connectivity index (χ4v) is 3.72. The number of ether oxygens (including phenoxy) is 1. The smallest absolute Gasteiger partial charge is 0.407 e. The van der Waals surface area contributed by atoms with E-state index in [4.69, 9.17) is 4.74 Å². The van der Waals surface area contributed by atoms with E-state index in [0.717, 1.165) is 16.7 Å². The summed E-state index contributed by atoms with van der Waals surface area (Å²) in [5.41, 5.74) is -1.88. The third-order valence-electron chi connectivity index (χ3n) is 5.09. The summed E-state index contributed by atoms with van der Waals surface area (Å²) < 4.78 is 5.28. The molecule has 0 saturated heterocycles. The molecule has 1 heterocycles. The third kappa shape index (κ3) is 4.36. The largest absolute Gasteiger partial charge is 0.444 e. The highest BCUT2D eigenvalue weighted by molar-refractivity contribution is 6.07. The van der Waals surface area contributed by atoms with Crippen LogP contribution in [0.25, 0.3) is 10.9 Å². The first-order valence-electron chi connectivity index (χ1n) is 9.95. The topological polar surface area (TPSA) is 116 Å². The Labute approximate surface area is 175 Å². The Balaban J connectivity index is 1.93. The standard InChI is InChI=1S/C22H26N4O4/c1-21(2,3)30-20(28)25-17-11-4-5-12-22(17,29)19(27)26(14-23)16-10-6-8-15-9-7-13-24-18(15)16/h6-10,13,17,29H,4-5,11-12H2,1-3H3,(H,25,28). The molecule has 2 atom stereocenters. The van der Waals surface area contributed by atoms with Crippen LogP contribution in [0.4, 0.5) is 10.5 Å². The molecule has 1 saturated carbocycles. The van der Waals surface area contributed by atoms with E-state index in [-0.39, 0.29) is 12.1 Å². The Kier molecular flexibility index (Phi) is 5.94. The molecule has 2 amide bonds. The number of fused-ring (bicyclic) bond motifs is 1. The van der Waals surface area contributed by atoms with Crippen LogP contribution in [0.15, 0.2) is 36.5 Å². The zero-order valence-corrected chi connectivity index (χ0v) is 17.4. The lowest BCUT2D eigenvalue weighted by atomic mass is 9.79. The predicted molar refractivity (Wildman–Crippen MR) is 111 cm³/mol. The van der Waals surface area contributed by atoms with E-state index in [1.807, 2.05) is 18.3 Å². The molecular formula is C22H26N4O4. The minimum Gasteiger partial charge on any atom is -0.444 e. The van der Waals surface area contributed by atoms with Crippen LogP contribution in [0.1, 0.15) is 46.5 Å². The van der Waals surface area contributed by atoms with Crippen molar-refractivity contribution in [1.82, 2.24) is 10.3 Å². The van der Waals surface area contributed by atoms with Gasteiger partial charge in [-0.2, -0.15) is 5.26 Å². The Morgan fingerprint density at radius 3 is 2.73 bits per heavy atom. The van der Waals surface area contributed by atoms with Gasteiger partial charge in [-0.3, -0.25) is 9.78 Å². The number of nitrogens with one attached hydrogen (secondary N) is 1. The van der Waals surface area contributed by atoms with Crippen LogP contribution in [0, 0.1) is 11.5 Å². The monoisotopic (exact) mass is 410 g/mol. The highest BCUT2D eigenvalue weighted by atomic mass is 16.6. The molecule has 1 aromatic carbocycles. The molecule has 2 N–H and O–H groups in total. The number of carbonyl (C=O) groups is 2. The lowest BCUT2D eigenvalue weighted by molar-refractivity contribution is -0.142. The van der Waals surface area contributed by atoms with Gasteiger partial charge in [0.05, 0.1) is 17.2 Å². The number of para-hydroxylation sites is 1. The molecular weight excluding hydrogens is 384 g/mol. The Hall–Kier alpha value is -3.18. The average molecular weight is 410 g/mol. The van der Waals surface area contributed by atoms with Gasteiger partial charge in [-0.15, -0.1) is 0 Å². The van der Waals surface area contributed by atoms with E-state index in [1.54, 1.807) is 45.2 Å². The van der Waals surface area contributed by atoms with Crippen LogP contribution in [0.2, 0.25) is 0 Å². The van der Waals surface area contributed by atoms with Crippen molar-refractivity contribution in [1.29, 1.82) is 5.26 Å². The van der Waals surface area contributed by atoms with Crippen LogP contribution < -0.4 is 10.2 Å². The molecule has 8 nitrogen and oxygen atoms in total. The number of nitriles is 1. The van der Waals surface area contributed by atoms with E-state index in [9.17, 15) is 20.0 Å². The molecule has 30 heavy (non-hydrogen) atoms. The van der Waals surface area contributed by atoms with Crippen molar-refractivity contribution < 1.29 is 19.4 Å². The first-order chi connectivity index (χ1) is 14.2. The SMILES string of the molecule is CC(C)(C)OC(=O)NC1CCCCC1(O)C(=O)N(C#N)c1cccc2cccnc12. The lowest BCUT2D eigenvalue weighted by Crippen LogP contribution is -2.62. The van der Waals surface area contributed by atoms with Gasteiger partial charge in [-0.05, 0) is 52.2 Å². The second kappa shape index (κ2) is 8.28. The number of anilines is 1. The van der Waals surface area contributed by atoms with Crippen molar-refractivity contribution in [2.45, 2.75) is 63.7 Å². The molecule has 0 bridgehead atoms. The lowest BCUT2D eigenvalue weighted by Gasteiger charge is -2.40. The fourth-order valence-electron chi connectivity index (χ4n) is 3.72. The normalized spacial score (nSPS) is 21.5. The van der Waals surface area contributed by atoms with Crippen LogP contribution >= 0.6 is 0 Å². The second-order valence-corrected chi connectivity index (χ2v) is 8.46. The van der Waals surface area contributed by atoms with Crippen LogP contribution in [0.5, 0.6) is 0 Å². The van der Waals surface area contributed by atoms with E-state index in [0.29, 0.717) is 18.4 Å². The van der Waals surface area contributed by atoms with Gasteiger partial charge >= 0.3 is 6.09 Å². The van der Waals surface area contributed by atoms with Crippen molar-refractivity contribution in [3.8, 4) is 6.19 Å². The van der Waals surface area contributed by atoms with Crippen LogP contribution in [-0.2, 0) is 9.53 Å². The molecule has 1 fully saturated rings. The van der Waals surface area contributed by atoms with Crippen molar-refractivity contribution in [2.75, 3.05) is 4.90 Å². The van der Waals surface area contributed by atoms with Gasteiger partial charge in [0, 0.05) is 11.6 Å². The quantitative estimate of drug-likeness (QED) is 0.593. The minimum atomic E-state index is -1.93. The number of carbonyl (C=O) groups excluding carboxylic acids is 2. The average Bonchev–Trinajstić information content (AvgIpc) is 2.69. The van der Waals surface area contributed by atoms with Gasteiger partial charge < -0.3 is 15.2 Å². The second-order valence-electron chi connectivity index (χ2n) is 8.46. The maximum atomic E-state index is 13.4. The molecule has 0 spiro atoms. The maximum absolute atomic E-state index is 13.4. The van der Waals surface area contributed by atoms with Gasteiger partial charge in [0.15, 0.2) is 11.8 Å². The maximum Gasteiger partial charge on any atom is 0.407 e. The van der Waals surface area contributed by atoms with Gasteiger partial charge in [-0.25, -0.2) is 9.69 Å². The zero-order chi connectivity index (χ0) is 21.9. The van der Waals surface area contributed by atoms with E-state index in [2.05, 4.69) is 10.3 Å². The third-order valence-corrected chi connectivity index (χ3v) is 5.09. The number of aliphatic hydroxyl groups is 1. The first-order valence-corrected chi connectivity index (χ1v) is 9.95. The summed E-state index contributed by atoms with van der Waals surface area (Å²) in [6.07, 6.45) is 4.61. The summed E-state index contributed by atoms with van der Waals surface area (Å²) >= 11 is 0. The van der Waals surface area contributed by atoms with Gasteiger partial charge in [0.25, 0.3) is 5.91 Å². The molecule has 2 unspecified atom stereocenters. The number of rotatable bonds is 3. The summed E-state index contributed by atoms with van der Waals surface area (Å²) in [6, 6.07) is 7.88. The molecule has 158 valence electrons. The van der Waals surface area contributed by atoms with Crippen molar-refractivity contribution in [2.24, 2.45) is 0 Å². The highest BCUT2D eigenvalue weighted by Crippen LogP contribution is 2.34. The number of aromatic nitrogens is 1. The van der Waals surface area contributed by atoms with E-state index in [1.165, 1.54) is 0 Å². The molecule has 3 rings (SSSR count). The highest BCUT2D eigenvalue weighted by Gasteiger charge is 2.49. The summed E-state index contributed by atoms with van der Waals surface area (Å²) in [5, 5.41) is 24.5. The molecule has 0 aliphatic heterocycles. The van der Waals surface area contributed by atoms with Crippen molar-refractivity contribution >= 4 is 28.6 Å². The molecule has 2 aromatic rings. The van der Waals surface area contributed by atoms with Crippen LogP contribution in [-0.4, -0.2) is 39.3 Å². The summed E-state index contributed by atoms with van der Waals surface area (Å²) in [5.74, 6) is -0.788. The fraction of sp³-hybridized carbons (Fsp3) is 0.455. The van der Waals surface area contributed by atoms with Gasteiger partial charge in [-0.1, -0.05) is 24.6 Å². The number of alkyl carbamates (subject to hydrolysis) is 1. The minimum absolute atomic E-state index is 0.128.